The SMILES string of the molecule is COC(=O)/C(C)=C(\c1ccc2c(c1)CC(C(CCN)CCC(C)C)OC2)C1CC1. The fourth-order valence-corrected chi connectivity index (χ4v) is 4.57. The average Bonchev–Trinajstić information content (AvgIpc) is 3.54. The second kappa shape index (κ2) is 9.90. The molecule has 2 aliphatic rings. The summed E-state index contributed by atoms with van der Waals surface area (Å²) < 4.78 is 11.3. The number of carbonyl (C=O) groups is 1. The van der Waals surface area contributed by atoms with Gasteiger partial charge in [-0.15, -0.1) is 0 Å². The van der Waals surface area contributed by atoms with Crippen molar-refractivity contribution in [3.05, 3.63) is 40.5 Å². The maximum atomic E-state index is 12.2. The van der Waals surface area contributed by atoms with Gasteiger partial charge in [0.1, 0.15) is 0 Å². The van der Waals surface area contributed by atoms with Gasteiger partial charge in [-0.05, 0) is 85.6 Å². The fraction of sp³-hybridized carbons (Fsp3) is 0.640. The molecule has 1 aromatic carbocycles. The van der Waals surface area contributed by atoms with Crippen LogP contribution < -0.4 is 5.73 Å². The normalized spacial score (nSPS) is 20.8. The molecule has 0 saturated heterocycles. The van der Waals surface area contributed by atoms with Crippen molar-refractivity contribution in [1.82, 2.24) is 0 Å². The third kappa shape index (κ3) is 5.49. The zero-order chi connectivity index (χ0) is 21.0. The molecular weight excluding hydrogens is 362 g/mol. The van der Waals surface area contributed by atoms with Crippen molar-refractivity contribution in [2.75, 3.05) is 13.7 Å². The minimum absolute atomic E-state index is 0.220. The molecule has 0 aromatic heterocycles. The van der Waals surface area contributed by atoms with E-state index in [-0.39, 0.29) is 12.1 Å². The number of hydrogen-bond donors (Lipinski definition) is 1. The molecule has 1 aliphatic heterocycles. The highest BCUT2D eigenvalue weighted by atomic mass is 16.5. The molecule has 4 heteroatoms. The van der Waals surface area contributed by atoms with E-state index in [4.69, 9.17) is 15.2 Å². The van der Waals surface area contributed by atoms with E-state index in [0.29, 0.717) is 30.9 Å². The lowest BCUT2D eigenvalue weighted by atomic mass is 9.84. The van der Waals surface area contributed by atoms with Gasteiger partial charge in [-0.25, -0.2) is 4.79 Å². The Morgan fingerprint density at radius 3 is 2.59 bits per heavy atom. The molecule has 1 heterocycles. The lowest BCUT2D eigenvalue weighted by Gasteiger charge is -2.32. The van der Waals surface area contributed by atoms with E-state index in [1.54, 1.807) is 0 Å². The molecule has 2 N–H and O–H groups in total. The highest BCUT2D eigenvalue weighted by Gasteiger charge is 2.32. The topological polar surface area (TPSA) is 61.5 Å². The second-order valence-corrected chi connectivity index (χ2v) is 9.15. The Morgan fingerprint density at radius 2 is 1.97 bits per heavy atom. The molecule has 29 heavy (non-hydrogen) atoms. The zero-order valence-electron chi connectivity index (χ0n) is 18.5. The van der Waals surface area contributed by atoms with Crippen LogP contribution in [0.4, 0.5) is 0 Å². The highest BCUT2D eigenvalue weighted by molar-refractivity contribution is 5.98. The maximum Gasteiger partial charge on any atom is 0.333 e. The van der Waals surface area contributed by atoms with Crippen molar-refractivity contribution in [3.63, 3.8) is 0 Å². The maximum absolute atomic E-state index is 12.2. The number of ether oxygens (including phenoxy) is 2. The van der Waals surface area contributed by atoms with E-state index in [9.17, 15) is 4.79 Å². The van der Waals surface area contributed by atoms with Crippen molar-refractivity contribution in [2.24, 2.45) is 23.5 Å². The first kappa shape index (κ1) is 22.0. The predicted octanol–water partition coefficient (Wildman–Crippen LogP) is 4.89. The number of benzene rings is 1. The number of carbonyl (C=O) groups excluding carboxylic acids is 1. The minimum atomic E-state index is -0.220. The number of hydrogen-bond acceptors (Lipinski definition) is 4. The van der Waals surface area contributed by atoms with Crippen LogP contribution in [0.15, 0.2) is 23.8 Å². The van der Waals surface area contributed by atoms with E-state index < -0.39 is 0 Å². The third-order valence-electron chi connectivity index (χ3n) is 6.45. The molecule has 1 fully saturated rings. The molecule has 2 atom stereocenters. The van der Waals surface area contributed by atoms with Gasteiger partial charge in [0.2, 0.25) is 0 Å². The quantitative estimate of drug-likeness (QED) is 0.475. The number of rotatable bonds is 9. The summed E-state index contributed by atoms with van der Waals surface area (Å²) in [7, 11) is 1.46. The van der Waals surface area contributed by atoms with Crippen LogP contribution in [0.2, 0.25) is 0 Å². The summed E-state index contributed by atoms with van der Waals surface area (Å²) in [6.07, 6.45) is 6.87. The van der Waals surface area contributed by atoms with Crippen LogP contribution >= 0.6 is 0 Å². The lowest BCUT2D eigenvalue weighted by molar-refractivity contribution is -0.135. The molecule has 1 aliphatic carbocycles. The first-order chi connectivity index (χ1) is 13.9. The van der Waals surface area contributed by atoms with Gasteiger partial charge in [0.05, 0.1) is 19.8 Å². The number of nitrogens with two attached hydrogens (primary N) is 1. The molecule has 0 amide bonds. The van der Waals surface area contributed by atoms with Gasteiger partial charge in [0.15, 0.2) is 0 Å². The van der Waals surface area contributed by atoms with Crippen molar-refractivity contribution >= 4 is 11.5 Å². The Bertz CT molecular complexity index is 748. The summed E-state index contributed by atoms with van der Waals surface area (Å²) >= 11 is 0. The highest BCUT2D eigenvalue weighted by Crippen LogP contribution is 2.44. The van der Waals surface area contributed by atoms with Crippen LogP contribution in [-0.2, 0) is 27.3 Å². The Balaban J connectivity index is 1.84. The van der Waals surface area contributed by atoms with Gasteiger partial charge in [-0.2, -0.15) is 0 Å². The first-order valence-corrected chi connectivity index (χ1v) is 11.2. The van der Waals surface area contributed by atoms with E-state index in [1.165, 1.54) is 42.2 Å². The summed E-state index contributed by atoms with van der Waals surface area (Å²) in [6.45, 7) is 7.83. The Labute approximate surface area is 175 Å². The number of methoxy groups -OCH3 is 1. The molecule has 4 nitrogen and oxygen atoms in total. The summed E-state index contributed by atoms with van der Waals surface area (Å²) in [5, 5.41) is 0. The van der Waals surface area contributed by atoms with Crippen LogP contribution in [0.5, 0.6) is 0 Å². The largest absolute Gasteiger partial charge is 0.466 e. The number of esters is 1. The van der Waals surface area contributed by atoms with Crippen LogP contribution in [0.1, 0.15) is 69.6 Å². The summed E-state index contributed by atoms with van der Waals surface area (Å²) in [6, 6.07) is 6.63. The molecule has 1 aromatic rings. The molecule has 0 spiro atoms. The summed E-state index contributed by atoms with van der Waals surface area (Å²) in [5.41, 5.74) is 11.6. The lowest BCUT2D eigenvalue weighted by Crippen LogP contribution is -2.32. The molecule has 0 bridgehead atoms. The molecule has 1 saturated carbocycles. The minimum Gasteiger partial charge on any atom is -0.466 e. The van der Waals surface area contributed by atoms with Gasteiger partial charge >= 0.3 is 5.97 Å². The van der Waals surface area contributed by atoms with Gasteiger partial charge in [-0.1, -0.05) is 38.5 Å². The summed E-state index contributed by atoms with van der Waals surface area (Å²) in [4.78, 5) is 12.2. The Morgan fingerprint density at radius 1 is 1.21 bits per heavy atom. The molecule has 3 rings (SSSR count). The predicted molar refractivity (Wildman–Crippen MR) is 117 cm³/mol. The van der Waals surface area contributed by atoms with E-state index in [0.717, 1.165) is 31.3 Å². The molecule has 0 radical (unpaired) electrons. The second-order valence-electron chi connectivity index (χ2n) is 9.15. The van der Waals surface area contributed by atoms with Gasteiger partial charge in [0.25, 0.3) is 0 Å². The third-order valence-corrected chi connectivity index (χ3v) is 6.45. The number of fused-ring (bicyclic) bond motifs is 1. The standard InChI is InChI=1S/C25H37NO3/c1-16(2)5-6-18(11-12-26)23-14-22-13-20(9-10-21(22)15-29-23)24(19-7-8-19)17(3)25(27)28-4/h9-10,13,16,18-19,23H,5-8,11-12,14-15,26H2,1-4H3/b24-17-. The van der Waals surface area contributed by atoms with Crippen LogP contribution in [0.25, 0.3) is 5.57 Å². The van der Waals surface area contributed by atoms with Crippen LogP contribution in [-0.4, -0.2) is 25.7 Å². The Kier molecular flexibility index (Phi) is 7.53. The van der Waals surface area contributed by atoms with Gasteiger partial charge < -0.3 is 15.2 Å². The number of allylic oxidation sites excluding steroid dienone is 1. The fourth-order valence-electron chi connectivity index (χ4n) is 4.57. The monoisotopic (exact) mass is 399 g/mol. The van der Waals surface area contributed by atoms with Crippen molar-refractivity contribution < 1.29 is 14.3 Å². The van der Waals surface area contributed by atoms with Crippen LogP contribution in [0.3, 0.4) is 0 Å². The zero-order valence-corrected chi connectivity index (χ0v) is 18.5. The Hall–Kier alpha value is -1.65. The smallest absolute Gasteiger partial charge is 0.333 e. The van der Waals surface area contributed by atoms with E-state index >= 15 is 0 Å². The molecular formula is C25H37NO3. The molecule has 160 valence electrons. The van der Waals surface area contributed by atoms with Crippen molar-refractivity contribution in [3.8, 4) is 0 Å². The van der Waals surface area contributed by atoms with E-state index in [2.05, 4.69) is 32.0 Å². The summed E-state index contributed by atoms with van der Waals surface area (Å²) in [5.74, 6) is 1.47. The molecule has 2 unspecified atom stereocenters. The van der Waals surface area contributed by atoms with Gasteiger partial charge in [-0.3, -0.25) is 0 Å². The van der Waals surface area contributed by atoms with Crippen molar-refractivity contribution in [2.45, 2.75) is 72.0 Å². The van der Waals surface area contributed by atoms with E-state index in [1.807, 2.05) is 6.92 Å². The van der Waals surface area contributed by atoms with Gasteiger partial charge in [0, 0.05) is 5.57 Å². The van der Waals surface area contributed by atoms with Crippen molar-refractivity contribution in [1.29, 1.82) is 0 Å². The average molecular weight is 400 g/mol. The first-order valence-electron chi connectivity index (χ1n) is 11.2. The van der Waals surface area contributed by atoms with Crippen LogP contribution in [0, 0.1) is 17.8 Å².